The highest BCUT2D eigenvalue weighted by molar-refractivity contribution is 5.96. The fraction of sp³-hybridized carbons (Fsp3) is 0.188. The number of hydrogen-bond acceptors (Lipinski definition) is 4. The zero-order valence-electron chi connectivity index (χ0n) is 11.1. The molecule has 0 aliphatic carbocycles. The van der Waals surface area contributed by atoms with Crippen molar-refractivity contribution in [1.29, 1.82) is 0 Å². The molecular formula is C16H13NO4. The molecule has 1 unspecified atom stereocenters. The van der Waals surface area contributed by atoms with E-state index in [1.165, 1.54) is 0 Å². The highest BCUT2D eigenvalue weighted by Crippen LogP contribution is 2.46. The van der Waals surface area contributed by atoms with Gasteiger partial charge in [-0.05, 0) is 17.7 Å². The minimum absolute atomic E-state index is 0.0744. The Morgan fingerprint density at radius 1 is 1.10 bits per heavy atom. The van der Waals surface area contributed by atoms with Gasteiger partial charge >= 0.3 is 0 Å². The van der Waals surface area contributed by atoms with Gasteiger partial charge in [-0.2, -0.15) is 0 Å². The number of ether oxygens (including phenoxy) is 2. The molecule has 106 valence electrons. The highest BCUT2D eigenvalue weighted by Gasteiger charge is 2.30. The number of benzene rings is 2. The number of rotatable bonds is 1. The summed E-state index contributed by atoms with van der Waals surface area (Å²) < 4.78 is 10.7. The summed E-state index contributed by atoms with van der Waals surface area (Å²) in [6.07, 6.45) is 0.296. The van der Waals surface area contributed by atoms with Crippen LogP contribution in [-0.2, 0) is 4.79 Å². The lowest BCUT2D eigenvalue weighted by Crippen LogP contribution is -2.23. The molecule has 4 rings (SSSR count). The van der Waals surface area contributed by atoms with E-state index in [0.29, 0.717) is 23.6 Å². The summed E-state index contributed by atoms with van der Waals surface area (Å²) in [4.78, 5) is 12.0. The van der Waals surface area contributed by atoms with E-state index in [9.17, 15) is 9.90 Å². The smallest absolute Gasteiger partial charge is 0.231 e. The molecule has 2 aliphatic heterocycles. The molecule has 2 aliphatic rings. The van der Waals surface area contributed by atoms with Crippen LogP contribution in [0.4, 0.5) is 5.69 Å². The molecule has 2 aromatic carbocycles. The summed E-state index contributed by atoms with van der Waals surface area (Å²) in [6.45, 7) is 0.188. The molecule has 0 aromatic heterocycles. The Hall–Kier alpha value is -2.69. The number of para-hydroxylation sites is 1. The average molecular weight is 283 g/mol. The molecule has 2 heterocycles. The zero-order valence-corrected chi connectivity index (χ0v) is 11.1. The predicted octanol–water partition coefficient (Wildman–Crippen LogP) is 2.59. The molecule has 5 nitrogen and oxygen atoms in total. The molecule has 0 fully saturated rings. The summed E-state index contributed by atoms with van der Waals surface area (Å²) in [7, 11) is 0. The van der Waals surface area contributed by atoms with Crippen molar-refractivity contribution in [2.24, 2.45) is 0 Å². The molecule has 5 heteroatoms. The monoisotopic (exact) mass is 283 g/mol. The third kappa shape index (κ3) is 1.89. The van der Waals surface area contributed by atoms with Gasteiger partial charge in [-0.1, -0.05) is 18.2 Å². The van der Waals surface area contributed by atoms with Crippen molar-refractivity contribution >= 4 is 11.6 Å². The molecule has 1 amide bonds. The Bertz CT molecular complexity index is 741. The number of hydrogen-bond donors (Lipinski definition) is 2. The van der Waals surface area contributed by atoms with Gasteiger partial charge in [-0.15, -0.1) is 0 Å². The van der Waals surface area contributed by atoms with Gasteiger partial charge in [0.05, 0.1) is 0 Å². The lowest BCUT2D eigenvalue weighted by Gasteiger charge is -2.26. The lowest BCUT2D eigenvalue weighted by molar-refractivity contribution is -0.116. The Kier molecular flexibility index (Phi) is 2.54. The summed E-state index contributed by atoms with van der Waals surface area (Å²) in [5.74, 6) is 1.23. The number of amides is 1. The third-order valence-electron chi connectivity index (χ3n) is 3.90. The summed E-state index contributed by atoms with van der Waals surface area (Å²) >= 11 is 0. The van der Waals surface area contributed by atoms with E-state index in [0.717, 1.165) is 11.1 Å². The molecule has 0 bridgehead atoms. The standard InChI is InChI=1S/C16H13NO4/c18-13-4-2-1-3-9(13)10-6-16(19)17-12-7-15-14(5-11(10)12)20-8-21-15/h1-5,7,10,18H,6,8H2,(H,17,19). The fourth-order valence-electron chi connectivity index (χ4n) is 2.91. The zero-order chi connectivity index (χ0) is 14.4. The number of phenols is 1. The predicted molar refractivity (Wildman–Crippen MR) is 75.8 cm³/mol. The van der Waals surface area contributed by atoms with E-state index in [1.54, 1.807) is 18.2 Å². The van der Waals surface area contributed by atoms with Crippen LogP contribution in [0.1, 0.15) is 23.5 Å². The lowest BCUT2D eigenvalue weighted by atomic mass is 9.84. The van der Waals surface area contributed by atoms with E-state index >= 15 is 0 Å². The van der Waals surface area contributed by atoms with Crippen LogP contribution in [0.5, 0.6) is 17.2 Å². The maximum atomic E-state index is 12.0. The number of phenolic OH excluding ortho intramolecular Hbond substituents is 1. The number of carbonyl (C=O) groups is 1. The Morgan fingerprint density at radius 3 is 2.67 bits per heavy atom. The van der Waals surface area contributed by atoms with Crippen molar-refractivity contribution in [3.63, 3.8) is 0 Å². The van der Waals surface area contributed by atoms with Gasteiger partial charge in [-0.25, -0.2) is 0 Å². The van der Waals surface area contributed by atoms with Gasteiger partial charge in [0.2, 0.25) is 12.7 Å². The first-order chi connectivity index (χ1) is 10.2. The summed E-state index contributed by atoms with van der Waals surface area (Å²) in [6, 6.07) is 10.8. The average Bonchev–Trinajstić information content (AvgIpc) is 2.92. The highest BCUT2D eigenvalue weighted by atomic mass is 16.7. The van der Waals surface area contributed by atoms with E-state index < -0.39 is 0 Å². The molecule has 0 spiro atoms. The molecule has 0 radical (unpaired) electrons. The second-order valence-corrected chi connectivity index (χ2v) is 5.16. The number of anilines is 1. The van der Waals surface area contributed by atoms with Crippen LogP contribution >= 0.6 is 0 Å². The topological polar surface area (TPSA) is 67.8 Å². The van der Waals surface area contributed by atoms with Crippen LogP contribution in [0, 0.1) is 0 Å². The van der Waals surface area contributed by atoms with Gasteiger partial charge < -0.3 is 19.9 Å². The van der Waals surface area contributed by atoms with E-state index in [2.05, 4.69) is 5.32 Å². The SMILES string of the molecule is O=C1CC(c2ccccc2O)c2cc3c(cc2N1)OCO3. The van der Waals surface area contributed by atoms with Gasteiger partial charge in [0, 0.05) is 29.7 Å². The number of aromatic hydroxyl groups is 1. The molecular weight excluding hydrogens is 270 g/mol. The molecule has 2 N–H and O–H groups in total. The van der Waals surface area contributed by atoms with Crippen LogP contribution < -0.4 is 14.8 Å². The summed E-state index contributed by atoms with van der Waals surface area (Å²) in [5.41, 5.74) is 2.39. The first-order valence-electron chi connectivity index (χ1n) is 6.73. The fourth-order valence-corrected chi connectivity index (χ4v) is 2.91. The van der Waals surface area contributed by atoms with Crippen LogP contribution in [0.25, 0.3) is 0 Å². The number of carbonyl (C=O) groups excluding carboxylic acids is 1. The van der Waals surface area contributed by atoms with Crippen molar-refractivity contribution < 1.29 is 19.4 Å². The minimum atomic E-state index is -0.190. The Balaban J connectivity index is 1.88. The molecule has 0 saturated carbocycles. The number of nitrogens with one attached hydrogen (secondary N) is 1. The Morgan fingerprint density at radius 2 is 1.86 bits per heavy atom. The van der Waals surface area contributed by atoms with Gasteiger partial charge in [0.15, 0.2) is 11.5 Å². The normalized spacial score (nSPS) is 19.0. The first-order valence-corrected chi connectivity index (χ1v) is 6.73. The molecule has 0 saturated heterocycles. The van der Waals surface area contributed by atoms with Crippen molar-refractivity contribution in [1.82, 2.24) is 0 Å². The quantitative estimate of drug-likeness (QED) is 0.844. The van der Waals surface area contributed by atoms with Crippen molar-refractivity contribution in [2.75, 3.05) is 12.1 Å². The van der Waals surface area contributed by atoms with Crippen LogP contribution in [-0.4, -0.2) is 17.8 Å². The molecule has 1 atom stereocenters. The maximum absolute atomic E-state index is 12.0. The van der Waals surface area contributed by atoms with Crippen LogP contribution in [0.2, 0.25) is 0 Å². The van der Waals surface area contributed by atoms with Crippen molar-refractivity contribution in [3.05, 3.63) is 47.5 Å². The largest absolute Gasteiger partial charge is 0.508 e. The molecule has 21 heavy (non-hydrogen) atoms. The van der Waals surface area contributed by atoms with Crippen molar-refractivity contribution in [2.45, 2.75) is 12.3 Å². The van der Waals surface area contributed by atoms with E-state index in [1.807, 2.05) is 18.2 Å². The van der Waals surface area contributed by atoms with Crippen LogP contribution in [0.15, 0.2) is 36.4 Å². The second kappa shape index (κ2) is 4.41. The van der Waals surface area contributed by atoms with E-state index in [4.69, 9.17) is 9.47 Å². The van der Waals surface area contributed by atoms with Crippen LogP contribution in [0.3, 0.4) is 0 Å². The maximum Gasteiger partial charge on any atom is 0.231 e. The first kappa shape index (κ1) is 12.1. The third-order valence-corrected chi connectivity index (χ3v) is 3.90. The number of fused-ring (bicyclic) bond motifs is 2. The minimum Gasteiger partial charge on any atom is -0.508 e. The Labute approximate surface area is 121 Å². The second-order valence-electron chi connectivity index (χ2n) is 5.16. The van der Waals surface area contributed by atoms with Crippen molar-refractivity contribution in [3.8, 4) is 17.2 Å². The van der Waals surface area contributed by atoms with Gasteiger partial charge in [0.25, 0.3) is 0 Å². The van der Waals surface area contributed by atoms with Gasteiger partial charge in [0.1, 0.15) is 5.75 Å². The molecule has 2 aromatic rings. The summed E-state index contributed by atoms with van der Waals surface area (Å²) in [5, 5.41) is 12.9. The van der Waals surface area contributed by atoms with E-state index in [-0.39, 0.29) is 24.4 Å². The van der Waals surface area contributed by atoms with Gasteiger partial charge in [-0.3, -0.25) is 4.79 Å².